The standard InChI is InChI=1S/C32H35N7O4/c1-20-7-5-10-25(21(20)2)37-13-15-38(16-14-37)32(40)23-8-6-9-24(17-23)39-31(33-34-35-39)28-27-22(11-12-36(28)3)18-26-29(30(27)41-4)43-19-42-26/h5-10,17-18,28H,11-16,19H2,1-4H3/t28-/m1/s1. The van der Waals surface area contributed by atoms with E-state index in [1.165, 1.54) is 16.8 Å². The molecule has 1 aromatic heterocycles. The summed E-state index contributed by atoms with van der Waals surface area (Å²) in [5, 5.41) is 12.9. The molecule has 0 saturated carbocycles. The molecule has 0 unspecified atom stereocenters. The fourth-order valence-corrected chi connectivity index (χ4v) is 6.49. The molecule has 0 aliphatic carbocycles. The largest absolute Gasteiger partial charge is 0.492 e. The van der Waals surface area contributed by atoms with Gasteiger partial charge in [-0.05, 0) is 84.8 Å². The van der Waals surface area contributed by atoms with Gasteiger partial charge in [0.1, 0.15) is 6.04 Å². The number of aromatic nitrogens is 4. The van der Waals surface area contributed by atoms with E-state index in [-0.39, 0.29) is 18.7 Å². The second-order valence-electron chi connectivity index (χ2n) is 11.3. The Morgan fingerprint density at radius 1 is 1.00 bits per heavy atom. The van der Waals surface area contributed by atoms with Crippen LogP contribution < -0.4 is 19.1 Å². The van der Waals surface area contributed by atoms with Gasteiger partial charge in [0.25, 0.3) is 5.91 Å². The summed E-state index contributed by atoms with van der Waals surface area (Å²) in [6.07, 6.45) is 0.831. The monoisotopic (exact) mass is 581 g/mol. The summed E-state index contributed by atoms with van der Waals surface area (Å²) in [4.78, 5) is 20.2. The number of methoxy groups -OCH3 is 1. The number of likely N-dealkylation sites (N-methyl/N-ethyl adjacent to an activating group) is 1. The minimum atomic E-state index is -0.291. The highest BCUT2D eigenvalue weighted by molar-refractivity contribution is 5.95. The molecule has 4 heterocycles. The molecule has 4 aromatic rings. The first kappa shape index (κ1) is 27.2. The lowest BCUT2D eigenvalue weighted by molar-refractivity contribution is 0.0746. The zero-order valence-electron chi connectivity index (χ0n) is 24.9. The molecule has 0 N–H and O–H groups in total. The Labute approximate surface area is 250 Å². The first-order chi connectivity index (χ1) is 20.9. The lowest BCUT2D eigenvalue weighted by Crippen LogP contribution is -2.49. The maximum Gasteiger partial charge on any atom is 0.254 e. The minimum absolute atomic E-state index is 0.00611. The number of amides is 1. The highest BCUT2D eigenvalue weighted by Crippen LogP contribution is 2.50. The molecule has 222 valence electrons. The molecular formula is C32H35N7O4. The third-order valence-electron chi connectivity index (χ3n) is 8.96. The number of anilines is 1. The third-order valence-corrected chi connectivity index (χ3v) is 8.96. The van der Waals surface area contributed by atoms with Gasteiger partial charge in [0.05, 0.1) is 12.8 Å². The Morgan fingerprint density at radius 3 is 2.63 bits per heavy atom. The SMILES string of the molecule is COc1c2c(cc3c1[C@H](c1nnnn1-c1cccc(C(=O)N4CCN(c5cccc(C)c5C)CC4)c1)N(C)CC3)OCO2. The molecule has 0 spiro atoms. The third kappa shape index (κ3) is 4.64. The van der Waals surface area contributed by atoms with Gasteiger partial charge < -0.3 is 24.0 Å². The van der Waals surface area contributed by atoms with Crippen molar-refractivity contribution in [3.63, 3.8) is 0 Å². The van der Waals surface area contributed by atoms with Gasteiger partial charge in [-0.1, -0.05) is 18.2 Å². The number of fused-ring (bicyclic) bond motifs is 2. The van der Waals surface area contributed by atoms with E-state index in [2.05, 4.69) is 64.4 Å². The molecule has 11 nitrogen and oxygen atoms in total. The van der Waals surface area contributed by atoms with Crippen LogP contribution in [0.3, 0.4) is 0 Å². The van der Waals surface area contributed by atoms with Crippen LogP contribution >= 0.6 is 0 Å². The number of ether oxygens (including phenoxy) is 3. The number of carbonyl (C=O) groups excluding carboxylic acids is 1. The fourth-order valence-electron chi connectivity index (χ4n) is 6.49. The van der Waals surface area contributed by atoms with Crippen molar-refractivity contribution in [2.24, 2.45) is 0 Å². The Bertz CT molecular complexity index is 1700. The highest BCUT2D eigenvalue weighted by Gasteiger charge is 2.38. The lowest BCUT2D eigenvalue weighted by atomic mass is 9.90. The van der Waals surface area contributed by atoms with Crippen molar-refractivity contribution < 1.29 is 19.0 Å². The van der Waals surface area contributed by atoms with Gasteiger partial charge in [0, 0.05) is 49.5 Å². The minimum Gasteiger partial charge on any atom is -0.492 e. The first-order valence-corrected chi connectivity index (χ1v) is 14.6. The average molecular weight is 582 g/mol. The number of benzene rings is 3. The highest BCUT2D eigenvalue weighted by atomic mass is 16.7. The van der Waals surface area contributed by atoms with Crippen LogP contribution in [0.2, 0.25) is 0 Å². The Morgan fingerprint density at radius 2 is 1.81 bits per heavy atom. The van der Waals surface area contributed by atoms with Crippen LogP contribution in [-0.4, -0.2) is 89.6 Å². The van der Waals surface area contributed by atoms with Crippen molar-refractivity contribution >= 4 is 11.6 Å². The number of aryl methyl sites for hydroxylation is 1. The molecule has 1 atom stereocenters. The molecule has 0 radical (unpaired) electrons. The van der Waals surface area contributed by atoms with Gasteiger partial charge in [-0.25, -0.2) is 0 Å². The fraction of sp³-hybridized carbons (Fsp3) is 0.375. The van der Waals surface area contributed by atoms with E-state index in [4.69, 9.17) is 14.2 Å². The van der Waals surface area contributed by atoms with Crippen molar-refractivity contribution in [2.45, 2.75) is 26.3 Å². The van der Waals surface area contributed by atoms with Crippen molar-refractivity contribution in [1.29, 1.82) is 0 Å². The van der Waals surface area contributed by atoms with Crippen LogP contribution in [0.15, 0.2) is 48.5 Å². The second-order valence-corrected chi connectivity index (χ2v) is 11.3. The van der Waals surface area contributed by atoms with E-state index in [1.54, 1.807) is 11.8 Å². The van der Waals surface area contributed by atoms with Crippen LogP contribution in [0.25, 0.3) is 5.69 Å². The molecule has 1 amide bonds. The number of tetrazole rings is 1. The van der Waals surface area contributed by atoms with Crippen LogP contribution in [0.1, 0.15) is 44.5 Å². The Kier molecular flexibility index (Phi) is 6.89. The molecule has 7 rings (SSSR count). The van der Waals surface area contributed by atoms with Crippen molar-refractivity contribution in [3.8, 4) is 22.9 Å². The van der Waals surface area contributed by atoms with Gasteiger partial charge in [0.15, 0.2) is 17.3 Å². The molecule has 43 heavy (non-hydrogen) atoms. The topological polar surface area (TPSA) is 98.1 Å². The first-order valence-electron chi connectivity index (χ1n) is 14.6. The Hall–Kier alpha value is -4.64. The van der Waals surface area contributed by atoms with Gasteiger partial charge in [-0.15, -0.1) is 5.10 Å². The van der Waals surface area contributed by atoms with E-state index >= 15 is 0 Å². The summed E-state index contributed by atoms with van der Waals surface area (Å²) in [7, 11) is 3.69. The van der Waals surface area contributed by atoms with Crippen molar-refractivity contribution in [2.75, 3.05) is 58.6 Å². The summed E-state index contributed by atoms with van der Waals surface area (Å²) >= 11 is 0. The lowest BCUT2D eigenvalue weighted by Gasteiger charge is -2.37. The van der Waals surface area contributed by atoms with E-state index < -0.39 is 0 Å². The van der Waals surface area contributed by atoms with Crippen LogP contribution in [0.4, 0.5) is 5.69 Å². The van der Waals surface area contributed by atoms with E-state index in [1.807, 2.05) is 35.2 Å². The van der Waals surface area contributed by atoms with Crippen molar-refractivity contribution in [1.82, 2.24) is 30.0 Å². The molecule has 0 bridgehead atoms. The summed E-state index contributed by atoms with van der Waals surface area (Å²) in [6, 6.07) is 15.7. The van der Waals surface area contributed by atoms with Gasteiger partial charge in [-0.2, -0.15) is 4.68 Å². The summed E-state index contributed by atoms with van der Waals surface area (Å²) < 4.78 is 19.1. The number of hydrogen-bond acceptors (Lipinski definition) is 9. The van der Waals surface area contributed by atoms with Crippen LogP contribution in [0, 0.1) is 13.8 Å². The van der Waals surface area contributed by atoms with Gasteiger partial charge >= 0.3 is 0 Å². The predicted octanol–water partition coefficient (Wildman–Crippen LogP) is 3.56. The Balaban J connectivity index is 1.16. The second kappa shape index (κ2) is 10.9. The zero-order chi connectivity index (χ0) is 29.7. The maximum atomic E-state index is 13.7. The van der Waals surface area contributed by atoms with Crippen LogP contribution in [0.5, 0.6) is 17.2 Å². The number of carbonyl (C=O) groups is 1. The van der Waals surface area contributed by atoms with Gasteiger partial charge in [-0.3, -0.25) is 9.69 Å². The van der Waals surface area contributed by atoms with Crippen molar-refractivity contribution in [3.05, 3.63) is 82.2 Å². The number of rotatable bonds is 5. The molecular weight excluding hydrogens is 546 g/mol. The molecule has 11 heteroatoms. The smallest absolute Gasteiger partial charge is 0.254 e. The summed E-state index contributed by atoms with van der Waals surface area (Å²) in [5.74, 6) is 2.57. The number of nitrogens with zero attached hydrogens (tertiary/aromatic N) is 7. The number of piperazine rings is 1. The average Bonchev–Trinajstić information content (AvgIpc) is 3.71. The molecule has 3 aliphatic rings. The molecule has 1 saturated heterocycles. The quantitative estimate of drug-likeness (QED) is 0.350. The van der Waals surface area contributed by atoms with Crippen LogP contribution in [-0.2, 0) is 6.42 Å². The maximum absolute atomic E-state index is 13.7. The molecule has 3 aromatic carbocycles. The molecule has 3 aliphatic heterocycles. The summed E-state index contributed by atoms with van der Waals surface area (Å²) in [5.41, 5.74) is 7.23. The predicted molar refractivity (Wildman–Crippen MR) is 160 cm³/mol. The molecule has 1 fully saturated rings. The van der Waals surface area contributed by atoms with E-state index in [9.17, 15) is 4.79 Å². The zero-order valence-corrected chi connectivity index (χ0v) is 24.9. The van der Waals surface area contributed by atoms with Gasteiger partial charge in [0.2, 0.25) is 12.5 Å². The van der Waals surface area contributed by atoms with E-state index in [0.29, 0.717) is 41.7 Å². The number of hydrogen-bond donors (Lipinski definition) is 0. The normalized spacial score (nSPS) is 18.1. The summed E-state index contributed by atoms with van der Waals surface area (Å²) in [6.45, 7) is 8.17. The van der Waals surface area contributed by atoms with E-state index in [0.717, 1.165) is 42.9 Å².